The molecule has 1 aliphatic heterocycles. The zero-order chi connectivity index (χ0) is 9.38. The Morgan fingerprint density at radius 2 is 2.00 bits per heavy atom. The second kappa shape index (κ2) is 1.68. The van der Waals surface area contributed by atoms with E-state index in [0.29, 0.717) is 0 Å². The van der Waals surface area contributed by atoms with E-state index in [2.05, 4.69) is 4.74 Å². The second-order valence-electron chi connectivity index (χ2n) is 3.86. The van der Waals surface area contributed by atoms with Crippen LogP contribution in [0.15, 0.2) is 11.5 Å². The van der Waals surface area contributed by atoms with Gasteiger partial charge < -0.3 is 20.1 Å². The molecule has 0 spiro atoms. The van der Waals surface area contributed by atoms with Crippen LogP contribution in [0.1, 0.15) is 6.42 Å². The van der Waals surface area contributed by atoms with E-state index in [1.165, 1.54) is 0 Å². The number of fused-ring (bicyclic) bond motifs is 1. The number of ether oxygens (including phenoxy) is 1. The third-order valence-electron chi connectivity index (χ3n) is 3.20. The van der Waals surface area contributed by atoms with Gasteiger partial charge in [-0.25, -0.2) is 4.79 Å². The van der Waals surface area contributed by atoms with Crippen molar-refractivity contribution in [1.29, 1.82) is 0 Å². The minimum absolute atomic E-state index is 0.137. The van der Waals surface area contributed by atoms with Gasteiger partial charge in [-0.3, -0.25) is 0 Å². The standard InChI is InChI=1S/C8H8O5/c9-4-5(10)7(11)13-6(4)8(12)2-1-3(2)8/h2-3,6,9-10,12H,1H2. The Labute approximate surface area is 73.2 Å². The highest BCUT2D eigenvalue weighted by molar-refractivity contribution is 5.89. The van der Waals surface area contributed by atoms with Crippen LogP contribution in [-0.4, -0.2) is 33.0 Å². The summed E-state index contributed by atoms with van der Waals surface area (Å²) >= 11 is 0. The SMILES string of the molecule is O=C1OC(C2(O)C3CC32)C(O)=C1O. The first-order chi connectivity index (χ1) is 6.06. The zero-order valence-electron chi connectivity index (χ0n) is 6.60. The smallest absolute Gasteiger partial charge is 0.378 e. The first-order valence-corrected chi connectivity index (χ1v) is 4.12. The average Bonchev–Trinajstić information content (AvgIpc) is 2.96. The molecule has 3 aliphatic rings. The molecule has 3 unspecified atom stereocenters. The lowest BCUT2D eigenvalue weighted by atomic mass is 10.0. The summed E-state index contributed by atoms with van der Waals surface area (Å²) in [7, 11) is 0. The van der Waals surface area contributed by atoms with Crippen LogP contribution in [0.4, 0.5) is 0 Å². The highest BCUT2D eigenvalue weighted by Crippen LogP contribution is 2.73. The molecule has 0 radical (unpaired) electrons. The van der Waals surface area contributed by atoms with Gasteiger partial charge >= 0.3 is 5.97 Å². The van der Waals surface area contributed by atoms with Crippen LogP contribution in [0.2, 0.25) is 0 Å². The summed E-state index contributed by atoms with van der Waals surface area (Å²) in [5.41, 5.74) is -1.09. The van der Waals surface area contributed by atoms with E-state index in [0.717, 1.165) is 6.42 Å². The highest BCUT2D eigenvalue weighted by Gasteiger charge is 2.82. The van der Waals surface area contributed by atoms with Gasteiger partial charge in [-0.1, -0.05) is 0 Å². The van der Waals surface area contributed by atoms with Gasteiger partial charge in [0.25, 0.3) is 0 Å². The molecule has 0 amide bonds. The van der Waals surface area contributed by atoms with Crippen LogP contribution in [0, 0.1) is 11.8 Å². The number of carbonyl (C=O) groups excluding carboxylic acids is 1. The Bertz CT molecular complexity index is 336. The summed E-state index contributed by atoms with van der Waals surface area (Å²) in [5, 5.41) is 28.0. The molecule has 5 nitrogen and oxygen atoms in total. The number of hydrogen-bond donors (Lipinski definition) is 3. The van der Waals surface area contributed by atoms with E-state index >= 15 is 0 Å². The van der Waals surface area contributed by atoms with Gasteiger partial charge in [-0.2, -0.15) is 0 Å². The molecule has 0 bridgehead atoms. The first-order valence-electron chi connectivity index (χ1n) is 4.12. The van der Waals surface area contributed by atoms with E-state index in [4.69, 9.17) is 5.11 Å². The number of aliphatic hydroxyl groups is 3. The van der Waals surface area contributed by atoms with Crippen molar-refractivity contribution >= 4 is 5.97 Å². The number of cyclic esters (lactones) is 1. The highest BCUT2D eigenvalue weighted by atomic mass is 16.6. The van der Waals surface area contributed by atoms with E-state index in [-0.39, 0.29) is 11.8 Å². The van der Waals surface area contributed by atoms with E-state index < -0.39 is 29.2 Å². The predicted molar refractivity (Wildman–Crippen MR) is 38.7 cm³/mol. The molecule has 0 aromatic carbocycles. The van der Waals surface area contributed by atoms with Gasteiger partial charge in [0.2, 0.25) is 5.76 Å². The summed E-state index contributed by atoms with van der Waals surface area (Å²) < 4.78 is 4.65. The van der Waals surface area contributed by atoms with Crippen LogP contribution >= 0.6 is 0 Å². The van der Waals surface area contributed by atoms with Crippen molar-refractivity contribution in [2.45, 2.75) is 18.1 Å². The molecule has 13 heavy (non-hydrogen) atoms. The van der Waals surface area contributed by atoms with Gasteiger partial charge in [0.15, 0.2) is 11.9 Å². The Kier molecular flexibility index (Phi) is 0.928. The predicted octanol–water partition coefficient (Wildman–Crippen LogP) is -0.380. The Balaban J connectivity index is 1.92. The number of esters is 1. The lowest BCUT2D eigenvalue weighted by Crippen LogP contribution is -2.37. The molecule has 0 aromatic heterocycles. The molecule has 0 saturated heterocycles. The lowest BCUT2D eigenvalue weighted by Gasteiger charge is -2.21. The van der Waals surface area contributed by atoms with Crippen LogP contribution in [0.25, 0.3) is 0 Å². The molecule has 3 N–H and O–H groups in total. The third kappa shape index (κ3) is 0.613. The maximum atomic E-state index is 10.8. The molecule has 0 aromatic rings. The van der Waals surface area contributed by atoms with E-state index in [9.17, 15) is 15.0 Å². The summed E-state index contributed by atoms with van der Waals surface area (Å²) in [6.45, 7) is 0. The van der Waals surface area contributed by atoms with Crippen LogP contribution in [0.3, 0.4) is 0 Å². The maximum absolute atomic E-state index is 10.8. The summed E-state index contributed by atoms with van der Waals surface area (Å²) in [6.07, 6.45) is -0.123. The Morgan fingerprint density at radius 3 is 2.31 bits per heavy atom. The Morgan fingerprint density at radius 1 is 1.38 bits per heavy atom. The molecule has 1 heterocycles. The fourth-order valence-electron chi connectivity index (χ4n) is 2.11. The van der Waals surface area contributed by atoms with Crippen molar-refractivity contribution < 1.29 is 24.9 Å². The van der Waals surface area contributed by atoms with Crippen molar-refractivity contribution in [3.63, 3.8) is 0 Å². The lowest BCUT2D eigenvalue weighted by molar-refractivity contribution is -0.150. The van der Waals surface area contributed by atoms with Crippen LogP contribution in [-0.2, 0) is 9.53 Å². The molecule has 2 fully saturated rings. The molecular formula is C8H8O5. The minimum Gasteiger partial charge on any atom is -0.505 e. The van der Waals surface area contributed by atoms with Crippen molar-refractivity contribution in [2.75, 3.05) is 0 Å². The monoisotopic (exact) mass is 184 g/mol. The first kappa shape index (κ1) is 7.20. The summed E-state index contributed by atoms with van der Waals surface area (Å²) in [4.78, 5) is 10.8. The fraction of sp³-hybridized carbons (Fsp3) is 0.625. The second-order valence-corrected chi connectivity index (χ2v) is 3.86. The largest absolute Gasteiger partial charge is 0.505 e. The van der Waals surface area contributed by atoms with Gasteiger partial charge in [-0.05, 0) is 18.3 Å². The van der Waals surface area contributed by atoms with E-state index in [1.807, 2.05) is 0 Å². The van der Waals surface area contributed by atoms with Gasteiger partial charge in [-0.15, -0.1) is 0 Å². The van der Waals surface area contributed by atoms with Crippen molar-refractivity contribution in [2.24, 2.45) is 11.8 Å². The molecule has 2 saturated carbocycles. The summed E-state index contributed by atoms with van der Waals surface area (Å²) in [6, 6.07) is 0. The van der Waals surface area contributed by atoms with Gasteiger partial charge in [0.1, 0.15) is 5.60 Å². The molecule has 3 rings (SSSR count). The summed E-state index contributed by atoms with van der Waals surface area (Å²) in [5.74, 6) is -1.98. The van der Waals surface area contributed by atoms with Crippen molar-refractivity contribution in [3.8, 4) is 0 Å². The molecule has 70 valence electrons. The number of carbonyl (C=O) groups is 1. The number of hydrogen-bond acceptors (Lipinski definition) is 5. The minimum atomic E-state index is -1.09. The van der Waals surface area contributed by atoms with E-state index in [1.54, 1.807) is 0 Å². The molecule has 2 aliphatic carbocycles. The van der Waals surface area contributed by atoms with Crippen LogP contribution < -0.4 is 0 Å². The molecule has 3 atom stereocenters. The number of rotatable bonds is 1. The van der Waals surface area contributed by atoms with Crippen molar-refractivity contribution in [1.82, 2.24) is 0 Å². The fourth-order valence-corrected chi connectivity index (χ4v) is 2.11. The normalized spacial score (nSPS) is 51.8. The molecule has 5 heteroatoms. The van der Waals surface area contributed by atoms with Gasteiger partial charge in [0.05, 0.1) is 0 Å². The quantitative estimate of drug-likeness (QED) is 0.483. The average molecular weight is 184 g/mol. The van der Waals surface area contributed by atoms with Crippen molar-refractivity contribution in [3.05, 3.63) is 11.5 Å². The zero-order valence-corrected chi connectivity index (χ0v) is 6.60. The third-order valence-corrected chi connectivity index (χ3v) is 3.20. The molecular weight excluding hydrogens is 176 g/mol. The van der Waals surface area contributed by atoms with Gasteiger partial charge in [0, 0.05) is 0 Å². The topological polar surface area (TPSA) is 87.0 Å². The van der Waals surface area contributed by atoms with Crippen LogP contribution in [0.5, 0.6) is 0 Å². The number of aliphatic hydroxyl groups excluding tert-OH is 2. The Hall–Kier alpha value is -1.23. The maximum Gasteiger partial charge on any atom is 0.378 e.